The van der Waals surface area contributed by atoms with E-state index in [1.165, 1.54) is 5.56 Å². The lowest BCUT2D eigenvalue weighted by atomic mass is 10.1. The lowest BCUT2D eigenvalue weighted by Gasteiger charge is -2.16. The van der Waals surface area contributed by atoms with Gasteiger partial charge in [-0.1, -0.05) is 47.1 Å². The third-order valence-electron chi connectivity index (χ3n) is 2.93. The van der Waals surface area contributed by atoms with Crippen molar-refractivity contribution in [2.24, 2.45) is 0 Å². The molecule has 0 aliphatic carbocycles. The maximum absolute atomic E-state index is 11.9. The van der Waals surface area contributed by atoms with Gasteiger partial charge in [-0.2, -0.15) is 0 Å². The number of aryl methyl sites for hydroxylation is 1. The number of alkyl halides is 1. The molecule has 1 aromatic rings. The Morgan fingerprint density at radius 1 is 1.41 bits per heavy atom. The average Bonchev–Trinajstić information content (AvgIpc) is 2.31. The van der Waals surface area contributed by atoms with E-state index in [4.69, 9.17) is 0 Å². The van der Waals surface area contributed by atoms with E-state index in [1.807, 2.05) is 31.2 Å². The molecular formula is C14H20BrNO. The molecule has 0 saturated heterocycles. The van der Waals surface area contributed by atoms with Crippen LogP contribution in [0.15, 0.2) is 24.3 Å². The smallest absolute Gasteiger partial charge is 0.224 e. The van der Waals surface area contributed by atoms with E-state index in [0.29, 0.717) is 6.42 Å². The first kappa shape index (κ1) is 14.2. The molecule has 0 heterocycles. The van der Waals surface area contributed by atoms with Gasteiger partial charge in [0.2, 0.25) is 5.91 Å². The van der Waals surface area contributed by atoms with Crippen molar-refractivity contribution in [3.05, 3.63) is 35.4 Å². The van der Waals surface area contributed by atoms with Crippen LogP contribution >= 0.6 is 15.9 Å². The monoisotopic (exact) mass is 297 g/mol. The van der Waals surface area contributed by atoms with Crippen molar-refractivity contribution in [2.75, 3.05) is 5.33 Å². The average molecular weight is 298 g/mol. The summed E-state index contributed by atoms with van der Waals surface area (Å²) < 4.78 is 0. The van der Waals surface area contributed by atoms with Gasteiger partial charge in [-0.15, -0.1) is 0 Å². The third kappa shape index (κ3) is 4.90. The van der Waals surface area contributed by atoms with Crippen molar-refractivity contribution >= 4 is 21.8 Å². The molecule has 0 bridgehead atoms. The second kappa shape index (κ2) is 7.49. The predicted molar refractivity (Wildman–Crippen MR) is 75.5 cm³/mol. The Kier molecular flexibility index (Phi) is 6.27. The fourth-order valence-corrected chi connectivity index (χ4v) is 2.32. The molecule has 0 aliphatic heterocycles. The molecule has 1 atom stereocenters. The number of hydrogen-bond donors (Lipinski definition) is 1. The molecule has 1 amide bonds. The highest BCUT2D eigenvalue weighted by atomic mass is 79.9. The van der Waals surface area contributed by atoms with Crippen LogP contribution in [-0.2, 0) is 11.2 Å². The first-order valence-electron chi connectivity index (χ1n) is 6.07. The Morgan fingerprint density at radius 2 is 2.12 bits per heavy atom. The highest BCUT2D eigenvalue weighted by molar-refractivity contribution is 9.09. The number of nitrogens with one attached hydrogen (secondary N) is 1. The van der Waals surface area contributed by atoms with Gasteiger partial charge in [-0.05, 0) is 30.9 Å². The maximum atomic E-state index is 11.9. The van der Waals surface area contributed by atoms with E-state index in [2.05, 4.69) is 28.2 Å². The summed E-state index contributed by atoms with van der Waals surface area (Å²) in [6.07, 6.45) is 2.44. The minimum Gasteiger partial charge on any atom is -0.353 e. The van der Waals surface area contributed by atoms with Crippen LogP contribution in [0.1, 0.15) is 30.9 Å². The van der Waals surface area contributed by atoms with E-state index >= 15 is 0 Å². The third-order valence-corrected chi connectivity index (χ3v) is 3.39. The van der Waals surface area contributed by atoms with Crippen molar-refractivity contribution in [3.63, 3.8) is 0 Å². The maximum Gasteiger partial charge on any atom is 0.224 e. The van der Waals surface area contributed by atoms with E-state index < -0.39 is 0 Å². The summed E-state index contributed by atoms with van der Waals surface area (Å²) in [4.78, 5) is 11.9. The van der Waals surface area contributed by atoms with Crippen LogP contribution in [0.3, 0.4) is 0 Å². The van der Waals surface area contributed by atoms with E-state index in [9.17, 15) is 4.79 Å². The molecule has 17 heavy (non-hydrogen) atoms. The summed E-state index contributed by atoms with van der Waals surface area (Å²) in [6.45, 7) is 4.14. The Morgan fingerprint density at radius 3 is 2.71 bits per heavy atom. The molecule has 0 spiro atoms. The summed E-state index contributed by atoms with van der Waals surface area (Å²) >= 11 is 3.41. The Balaban J connectivity index is 2.52. The summed E-state index contributed by atoms with van der Waals surface area (Å²) in [6, 6.07) is 8.31. The molecule has 1 unspecified atom stereocenters. The minimum atomic E-state index is 0.118. The molecule has 1 N–H and O–H groups in total. The lowest BCUT2D eigenvalue weighted by molar-refractivity contribution is -0.121. The first-order valence-corrected chi connectivity index (χ1v) is 7.19. The summed E-state index contributed by atoms with van der Waals surface area (Å²) in [5.74, 6) is 0.118. The van der Waals surface area contributed by atoms with E-state index in [-0.39, 0.29) is 11.9 Å². The van der Waals surface area contributed by atoms with Gasteiger partial charge in [0, 0.05) is 11.4 Å². The molecule has 0 aliphatic rings. The Hall–Kier alpha value is -0.830. The molecule has 3 heteroatoms. The van der Waals surface area contributed by atoms with Gasteiger partial charge in [0.1, 0.15) is 0 Å². The molecular weight excluding hydrogens is 278 g/mol. The molecule has 1 aromatic carbocycles. The lowest BCUT2D eigenvalue weighted by Crippen LogP contribution is -2.35. The molecule has 1 rings (SSSR count). The van der Waals surface area contributed by atoms with Crippen molar-refractivity contribution in [1.82, 2.24) is 5.32 Å². The van der Waals surface area contributed by atoms with Crippen LogP contribution in [0.2, 0.25) is 0 Å². The number of carbonyl (C=O) groups excluding carboxylic acids is 1. The SMILES string of the molecule is CCC(CCBr)NC(=O)Cc1ccccc1C. The minimum absolute atomic E-state index is 0.118. The fraction of sp³-hybridized carbons (Fsp3) is 0.500. The van der Waals surface area contributed by atoms with Crippen molar-refractivity contribution < 1.29 is 4.79 Å². The standard InChI is InChI=1S/C14H20BrNO/c1-3-13(8-9-15)16-14(17)10-12-7-5-4-6-11(12)2/h4-7,13H,3,8-10H2,1-2H3,(H,16,17). The van der Waals surface area contributed by atoms with Gasteiger partial charge in [0.25, 0.3) is 0 Å². The molecule has 0 radical (unpaired) electrons. The van der Waals surface area contributed by atoms with Crippen LogP contribution in [0, 0.1) is 6.92 Å². The predicted octanol–water partition coefficient (Wildman–Crippen LogP) is 3.22. The van der Waals surface area contributed by atoms with Crippen LogP contribution in [0.4, 0.5) is 0 Å². The normalized spacial score (nSPS) is 12.2. The molecule has 0 fully saturated rings. The summed E-state index contributed by atoms with van der Waals surface area (Å²) in [5.41, 5.74) is 2.29. The quantitative estimate of drug-likeness (QED) is 0.803. The highest BCUT2D eigenvalue weighted by Crippen LogP contribution is 2.08. The second-order valence-corrected chi connectivity index (χ2v) is 5.05. The van der Waals surface area contributed by atoms with Gasteiger partial charge in [0.05, 0.1) is 6.42 Å². The van der Waals surface area contributed by atoms with Crippen molar-refractivity contribution in [2.45, 2.75) is 39.2 Å². The van der Waals surface area contributed by atoms with Crippen molar-refractivity contribution in [3.8, 4) is 0 Å². The summed E-state index contributed by atoms with van der Waals surface area (Å²) in [5, 5.41) is 4.00. The van der Waals surface area contributed by atoms with Crippen LogP contribution in [0.25, 0.3) is 0 Å². The largest absolute Gasteiger partial charge is 0.353 e. The molecule has 94 valence electrons. The second-order valence-electron chi connectivity index (χ2n) is 4.25. The Bertz CT molecular complexity index is 365. The first-order chi connectivity index (χ1) is 8.17. The fourth-order valence-electron chi connectivity index (χ4n) is 1.77. The van der Waals surface area contributed by atoms with Gasteiger partial charge in [-0.3, -0.25) is 4.79 Å². The number of benzene rings is 1. The van der Waals surface area contributed by atoms with Gasteiger partial charge < -0.3 is 5.32 Å². The molecule has 0 saturated carbocycles. The zero-order valence-corrected chi connectivity index (χ0v) is 12.1. The topological polar surface area (TPSA) is 29.1 Å². The van der Waals surface area contributed by atoms with Crippen LogP contribution in [-0.4, -0.2) is 17.3 Å². The number of halogens is 1. The highest BCUT2D eigenvalue weighted by Gasteiger charge is 2.10. The number of rotatable bonds is 6. The van der Waals surface area contributed by atoms with Gasteiger partial charge in [0.15, 0.2) is 0 Å². The van der Waals surface area contributed by atoms with Crippen LogP contribution < -0.4 is 5.32 Å². The Labute approximate surface area is 112 Å². The number of amides is 1. The van der Waals surface area contributed by atoms with Crippen LogP contribution in [0.5, 0.6) is 0 Å². The molecule has 2 nitrogen and oxygen atoms in total. The zero-order chi connectivity index (χ0) is 12.7. The zero-order valence-electron chi connectivity index (χ0n) is 10.5. The number of hydrogen-bond acceptors (Lipinski definition) is 1. The molecule has 0 aromatic heterocycles. The van der Waals surface area contributed by atoms with E-state index in [1.54, 1.807) is 0 Å². The van der Waals surface area contributed by atoms with Crippen molar-refractivity contribution in [1.29, 1.82) is 0 Å². The van der Waals surface area contributed by atoms with E-state index in [0.717, 1.165) is 23.7 Å². The number of carbonyl (C=O) groups is 1. The van der Waals surface area contributed by atoms with Gasteiger partial charge in [-0.25, -0.2) is 0 Å². The van der Waals surface area contributed by atoms with Gasteiger partial charge >= 0.3 is 0 Å². The summed E-state index contributed by atoms with van der Waals surface area (Å²) in [7, 11) is 0.